The lowest BCUT2D eigenvalue weighted by atomic mass is 10.0. The van der Waals surface area contributed by atoms with Crippen molar-refractivity contribution < 1.29 is 9.53 Å². The first-order valence-electron chi connectivity index (χ1n) is 6.52. The number of hydrogen-bond acceptors (Lipinski definition) is 5. The van der Waals surface area contributed by atoms with E-state index in [1.54, 1.807) is 7.05 Å². The second-order valence-corrected chi connectivity index (χ2v) is 5.94. The van der Waals surface area contributed by atoms with Gasteiger partial charge in [0, 0.05) is 27.2 Å². The molecular weight excluding hydrogens is 262 g/mol. The molecule has 1 amide bonds. The number of nitrogens with two attached hydrogens (primary N) is 1. The van der Waals surface area contributed by atoms with Crippen LogP contribution in [0.3, 0.4) is 0 Å². The first kappa shape index (κ1) is 14.1. The lowest BCUT2D eigenvalue weighted by molar-refractivity contribution is 0.0577. The van der Waals surface area contributed by atoms with Gasteiger partial charge in [0.25, 0.3) is 5.91 Å². The van der Waals surface area contributed by atoms with Crippen molar-refractivity contribution in [1.82, 2.24) is 5.32 Å². The molecule has 1 saturated heterocycles. The number of rotatable bonds is 4. The predicted octanol–water partition coefficient (Wildman–Crippen LogP) is 1.55. The Morgan fingerprint density at radius 1 is 1.68 bits per heavy atom. The number of carbonyl (C=O) groups is 1. The third-order valence-electron chi connectivity index (χ3n) is 3.34. The second-order valence-electron chi connectivity index (χ2n) is 4.91. The fourth-order valence-corrected chi connectivity index (χ4v) is 3.30. The molecule has 1 aromatic rings. The van der Waals surface area contributed by atoms with Crippen LogP contribution >= 0.6 is 11.3 Å². The smallest absolute Gasteiger partial charge is 0.263 e. The van der Waals surface area contributed by atoms with E-state index in [0.29, 0.717) is 16.5 Å². The van der Waals surface area contributed by atoms with Crippen molar-refractivity contribution in [3.8, 4) is 0 Å². The Bertz CT molecular complexity index is 441. The first-order chi connectivity index (χ1) is 9.11. The fourth-order valence-electron chi connectivity index (χ4n) is 2.30. The lowest BCUT2D eigenvalue weighted by Crippen LogP contribution is -2.30. The van der Waals surface area contributed by atoms with Crippen LogP contribution in [-0.2, 0) is 4.74 Å². The Morgan fingerprint density at radius 3 is 3.11 bits per heavy atom. The molecule has 0 spiro atoms. The number of carbonyl (C=O) groups excluding carboxylic acids is 1. The summed E-state index contributed by atoms with van der Waals surface area (Å²) < 4.78 is 5.49. The molecule has 1 aliphatic rings. The van der Waals surface area contributed by atoms with Gasteiger partial charge >= 0.3 is 0 Å². The van der Waals surface area contributed by atoms with Gasteiger partial charge in [0.05, 0.1) is 17.3 Å². The second kappa shape index (κ2) is 6.25. The number of ether oxygens (including phenoxy) is 1. The summed E-state index contributed by atoms with van der Waals surface area (Å²) in [7, 11) is 3.65. The van der Waals surface area contributed by atoms with Crippen molar-refractivity contribution in [2.45, 2.75) is 12.8 Å². The van der Waals surface area contributed by atoms with Crippen molar-refractivity contribution in [3.63, 3.8) is 0 Å². The molecule has 0 aliphatic carbocycles. The summed E-state index contributed by atoms with van der Waals surface area (Å²) in [4.78, 5) is 14.4. The number of nitrogens with one attached hydrogen (secondary N) is 1. The van der Waals surface area contributed by atoms with Gasteiger partial charge in [-0.25, -0.2) is 0 Å². The number of thiophene rings is 1. The highest BCUT2D eigenvalue weighted by Gasteiger charge is 2.19. The van der Waals surface area contributed by atoms with Crippen LogP contribution in [0.15, 0.2) is 6.07 Å². The molecule has 0 bridgehead atoms. The number of anilines is 2. The van der Waals surface area contributed by atoms with Gasteiger partial charge < -0.3 is 20.7 Å². The molecule has 2 rings (SSSR count). The average molecular weight is 283 g/mol. The highest BCUT2D eigenvalue weighted by molar-refractivity contribution is 7.18. The number of nitrogens with zero attached hydrogens (tertiary/aromatic N) is 1. The normalized spacial score (nSPS) is 19.2. The van der Waals surface area contributed by atoms with Gasteiger partial charge in [-0.1, -0.05) is 0 Å². The molecule has 19 heavy (non-hydrogen) atoms. The summed E-state index contributed by atoms with van der Waals surface area (Å²) in [5.74, 6) is 0.439. The van der Waals surface area contributed by atoms with Gasteiger partial charge in [-0.05, 0) is 24.8 Å². The Labute approximate surface area is 117 Å². The van der Waals surface area contributed by atoms with Crippen LogP contribution in [0.4, 0.5) is 10.7 Å². The molecule has 0 saturated carbocycles. The molecule has 1 aromatic heterocycles. The van der Waals surface area contributed by atoms with Gasteiger partial charge in [-0.3, -0.25) is 4.79 Å². The molecular formula is C13H21N3O2S. The lowest BCUT2D eigenvalue weighted by Gasteiger charge is -2.27. The van der Waals surface area contributed by atoms with Crippen LogP contribution in [0, 0.1) is 5.92 Å². The zero-order valence-electron chi connectivity index (χ0n) is 11.4. The van der Waals surface area contributed by atoms with Crippen molar-refractivity contribution in [3.05, 3.63) is 10.9 Å². The summed E-state index contributed by atoms with van der Waals surface area (Å²) in [6.07, 6.45) is 2.34. The molecule has 1 fully saturated rings. The van der Waals surface area contributed by atoms with Gasteiger partial charge in [0.2, 0.25) is 0 Å². The Balaban J connectivity index is 2.02. The summed E-state index contributed by atoms with van der Waals surface area (Å²) >= 11 is 1.44. The largest absolute Gasteiger partial charge is 0.397 e. The van der Waals surface area contributed by atoms with E-state index in [1.165, 1.54) is 17.8 Å². The molecule has 0 radical (unpaired) electrons. The zero-order valence-corrected chi connectivity index (χ0v) is 12.3. The van der Waals surface area contributed by atoms with Gasteiger partial charge in [0.1, 0.15) is 4.88 Å². The maximum Gasteiger partial charge on any atom is 0.263 e. The van der Waals surface area contributed by atoms with E-state index in [0.717, 1.165) is 31.2 Å². The first-order valence-corrected chi connectivity index (χ1v) is 7.33. The van der Waals surface area contributed by atoms with Crippen LogP contribution in [0.25, 0.3) is 0 Å². The average Bonchev–Trinajstić information content (AvgIpc) is 2.81. The van der Waals surface area contributed by atoms with Crippen LogP contribution in [0.5, 0.6) is 0 Å². The maximum absolute atomic E-state index is 11.6. The van der Waals surface area contributed by atoms with Crippen molar-refractivity contribution in [1.29, 1.82) is 0 Å². The summed E-state index contributed by atoms with van der Waals surface area (Å²) in [6, 6.07) is 1.87. The minimum Gasteiger partial charge on any atom is -0.397 e. The number of hydrogen-bond donors (Lipinski definition) is 2. The van der Waals surface area contributed by atoms with E-state index < -0.39 is 0 Å². The molecule has 2 heterocycles. The standard InChI is InChI=1S/C13H21N3O2S/c1-15-13(17)12-10(14)6-11(19-12)16(2)7-9-4-3-5-18-8-9/h6,9H,3-5,7-8,14H2,1-2H3,(H,15,17). The molecule has 3 N–H and O–H groups in total. The highest BCUT2D eigenvalue weighted by atomic mass is 32.1. The number of amides is 1. The maximum atomic E-state index is 11.6. The minimum atomic E-state index is -0.122. The van der Waals surface area contributed by atoms with Crippen molar-refractivity contribution in [2.75, 3.05) is 44.5 Å². The topological polar surface area (TPSA) is 67.6 Å². The number of nitrogen functional groups attached to an aromatic ring is 1. The zero-order chi connectivity index (χ0) is 13.8. The van der Waals surface area contributed by atoms with Gasteiger partial charge in [-0.15, -0.1) is 11.3 Å². The van der Waals surface area contributed by atoms with E-state index in [9.17, 15) is 4.79 Å². The van der Waals surface area contributed by atoms with Crippen molar-refractivity contribution in [2.24, 2.45) is 5.92 Å². The van der Waals surface area contributed by atoms with E-state index >= 15 is 0 Å². The summed E-state index contributed by atoms with van der Waals surface area (Å²) in [5.41, 5.74) is 6.43. The quantitative estimate of drug-likeness (QED) is 0.880. The summed E-state index contributed by atoms with van der Waals surface area (Å²) in [5, 5.41) is 3.64. The van der Waals surface area contributed by atoms with E-state index in [2.05, 4.69) is 10.2 Å². The molecule has 5 nitrogen and oxygen atoms in total. The molecule has 106 valence electrons. The molecule has 6 heteroatoms. The van der Waals surface area contributed by atoms with E-state index in [4.69, 9.17) is 10.5 Å². The Kier molecular flexibility index (Phi) is 4.66. The third-order valence-corrected chi connectivity index (χ3v) is 4.61. The van der Waals surface area contributed by atoms with Crippen molar-refractivity contribution >= 4 is 27.9 Å². The Hall–Kier alpha value is -1.27. The third kappa shape index (κ3) is 3.39. The fraction of sp³-hybridized carbons (Fsp3) is 0.615. The van der Waals surface area contributed by atoms with E-state index in [1.807, 2.05) is 13.1 Å². The van der Waals surface area contributed by atoms with Gasteiger partial charge in [0.15, 0.2) is 0 Å². The van der Waals surface area contributed by atoms with Crippen LogP contribution in [-0.4, -0.2) is 39.8 Å². The highest BCUT2D eigenvalue weighted by Crippen LogP contribution is 2.32. The van der Waals surface area contributed by atoms with Crippen LogP contribution in [0.1, 0.15) is 22.5 Å². The molecule has 1 atom stereocenters. The predicted molar refractivity (Wildman–Crippen MR) is 78.9 cm³/mol. The minimum absolute atomic E-state index is 0.122. The van der Waals surface area contributed by atoms with Crippen LogP contribution in [0.2, 0.25) is 0 Å². The molecule has 1 unspecified atom stereocenters. The van der Waals surface area contributed by atoms with Crippen LogP contribution < -0.4 is 16.0 Å². The Morgan fingerprint density at radius 2 is 2.47 bits per heavy atom. The monoisotopic (exact) mass is 283 g/mol. The molecule has 0 aromatic carbocycles. The van der Waals surface area contributed by atoms with E-state index in [-0.39, 0.29) is 5.91 Å². The van der Waals surface area contributed by atoms with Gasteiger partial charge in [-0.2, -0.15) is 0 Å². The SMILES string of the molecule is CNC(=O)c1sc(N(C)CC2CCCOC2)cc1N. The molecule has 1 aliphatic heterocycles. The summed E-state index contributed by atoms with van der Waals surface area (Å²) in [6.45, 7) is 2.65.